The Bertz CT molecular complexity index is 1270. The highest BCUT2D eigenvalue weighted by molar-refractivity contribution is 7.92. The van der Waals surface area contributed by atoms with E-state index in [-0.39, 0.29) is 22.8 Å². The second-order valence-electron chi connectivity index (χ2n) is 8.59. The summed E-state index contributed by atoms with van der Waals surface area (Å²) in [5, 5.41) is 2.93. The summed E-state index contributed by atoms with van der Waals surface area (Å²) in [4.78, 5) is 13.0. The first-order valence-corrected chi connectivity index (χ1v) is 12.6. The maximum Gasteiger partial charge on any atom is 0.261 e. The first kappa shape index (κ1) is 23.9. The quantitative estimate of drug-likeness (QED) is 0.522. The van der Waals surface area contributed by atoms with Crippen LogP contribution >= 0.6 is 0 Å². The molecule has 1 heterocycles. The van der Waals surface area contributed by atoms with Crippen molar-refractivity contribution < 1.29 is 22.3 Å². The third-order valence-corrected chi connectivity index (χ3v) is 7.56. The van der Waals surface area contributed by atoms with Gasteiger partial charge in [0.2, 0.25) is 0 Å². The lowest BCUT2D eigenvalue weighted by Crippen LogP contribution is -2.44. The number of aryl methyl sites for hydroxylation is 1. The van der Waals surface area contributed by atoms with Gasteiger partial charge in [0.25, 0.3) is 15.9 Å². The number of carbonyl (C=O) groups is 1. The number of amides is 1. The SMILES string of the molecule is Cc1ccc(NS(=O)(=O)c2cccc(C(=O)NCC3(c4cccc(F)c4)CCOCC3)c2)cc1. The predicted molar refractivity (Wildman–Crippen MR) is 129 cm³/mol. The Kier molecular flexibility index (Phi) is 7.00. The number of rotatable bonds is 7. The van der Waals surface area contributed by atoms with E-state index in [0.717, 1.165) is 11.1 Å². The maximum absolute atomic E-state index is 13.9. The van der Waals surface area contributed by atoms with Crippen LogP contribution in [0.2, 0.25) is 0 Å². The molecule has 2 N–H and O–H groups in total. The Balaban J connectivity index is 1.51. The van der Waals surface area contributed by atoms with E-state index in [1.165, 1.54) is 30.3 Å². The fourth-order valence-corrected chi connectivity index (χ4v) is 5.24. The molecule has 1 aliphatic rings. The normalized spacial score (nSPS) is 15.5. The molecule has 0 aliphatic carbocycles. The van der Waals surface area contributed by atoms with Crippen molar-refractivity contribution in [3.8, 4) is 0 Å². The van der Waals surface area contributed by atoms with Gasteiger partial charge in [0.15, 0.2) is 0 Å². The molecule has 8 heteroatoms. The van der Waals surface area contributed by atoms with E-state index >= 15 is 0 Å². The van der Waals surface area contributed by atoms with Crippen LogP contribution in [-0.4, -0.2) is 34.1 Å². The minimum Gasteiger partial charge on any atom is -0.381 e. The van der Waals surface area contributed by atoms with Crippen molar-refractivity contribution in [1.29, 1.82) is 0 Å². The van der Waals surface area contributed by atoms with Crippen LogP contribution in [0.1, 0.15) is 34.3 Å². The molecule has 0 bridgehead atoms. The third kappa shape index (κ3) is 5.46. The Morgan fingerprint density at radius 2 is 1.71 bits per heavy atom. The van der Waals surface area contributed by atoms with Crippen molar-refractivity contribution in [2.75, 3.05) is 24.5 Å². The molecule has 1 amide bonds. The van der Waals surface area contributed by atoms with Crippen molar-refractivity contribution in [3.05, 3.63) is 95.3 Å². The van der Waals surface area contributed by atoms with Crippen LogP contribution in [0.25, 0.3) is 0 Å². The Morgan fingerprint density at radius 3 is 2.41 bits per heavy atom. The number of benzene rings is 3. The number of sulfonamides is 1. The van der Waals surface area contributed by atoms with Gasteiger partial charge in [-0.05, 0) is 67.8 Å². The molecule has 0 saturated carbocycles. The van der Waals surface area contributed by atoms with Gasteiger partial charge in [-0.1, -0.05) is 35.9 Å². The molecule has 4 rings (SSSR count). The standard InChI is InChI=1S/C26H27FN2O4S/c1-19-8-10-23(11-9-19)29-34(31,32)24-7-2-4-20(16-24)25(30)28-18-26(12-14-33-15-13-26)21-5-3-6-22(27)17-21/h2-11,16-17,29H,12-15,18H2,1H3,(H,28,30). The highest BCUT2D eigenvalue weighted by Gasteiger charge is 2.35. The van der Waals surface area contributed by atoms with Crippen molar-refractivity contribution in [1.82, 2.24) is 5.32 Å². The lowest BCUT2D eigenvalue weighted by Gasteiger charge is -2.38. The molecule has 0 radical (unpaired) electrons. The van der Waals surface area contributed by atoms with Gasteiger partial charge < -0.3 is 10.1 Å². The average Bonchev–Trinajstić information content (AvgIpc) is 2.84. The zero-order valence-electron chi connectivity index (χ0n) is 18.9. The Labute approximate surface area is 199 Å². The highest BCUT2D eigenvalue weighted by Crippen LogP contribution is 2.34. The van der Waals surface area contributed by atoms with E-state index < -0.39 is 21.3 Å². The van der Waals surface area contributed by atoms with E-state index in [4.69, 9.17) is 4.74 Å². The molecular formula is C26H27FN2O4S. The summed E-state index contributed by atoms with van der Waals surface area (Å²) in [6, 6.07) is 19.3. The molecule has 3 aromatic carbocycles. The van der Waals surface area contributed by atoms with Gasteiger partial charge in [-0.25, -0.2) is 12.8 Å². The molecule has 1 saturated heterocycles. The van der Waals surface area contributed by atoms with E-state index in [1.54, 1.807) is 24.3 Å². The van der Waals surface area contributed by atoms with Crippen LogP contribution in [0.15, 0.2) is 77.7 Å². The van der Waals surface area contributed by atoms with E-state index in [1.807, 2.05) is 25.1 Å². The smallest absolute Gasteiger partial charge is 0.261 e. The van der Waals surface area contributed by atoms with Gasteiger partial charge in [-0.15, -0.1) is 0 Å². The van der Waals surface area contributed by atoms with Crippen LogP contribution in [0.3, 0.4) is 0 Å². The van der Waals surface area contributed by atoms with Gasteiger partial charge in [0.1, 0.15) is 5.82 Å². The van der Waals surface area contributed by atoms with Crippen molar-refractivity contribution >= 4 is 21.6 Å². The summed E-state index contributed by atoms with van der Waals surface area (Å²) in [5.74, 6) is -0.719. The largest absolute Gasteiger partial charge is 0.381 e. The van der Waals surface area contributed by atoms with Crippen molar-refractivity contribution in [2.24, 2.45) is 0 Å². The molecule has 3 aromatic rings. The van der Waals surface area contributed by atoms with Crippen LogP contribution in [-0.2, 0) is 20.2 Å². The van der Waals surface area contributed by atoms with Crippen LogP contribution in [0.5, 0.6) is 0 Å². The summed E-state index contributed by atoms with van der Waals surface area (Å²) in [7, 11) is -3.87. The summed E-state index contributed by atoms with van der Waals surface area (Å²) < 4.78 is 47.6. The molecule has 0 atom stereocenters. The summed E-state index contributed by atoms with van der Waals surface area (Å²) in [5.41, 5.74) is 2.05. The van der Waals surface area contributed by atoms with Crippen LogP contribution in [0.4, 0.5) is 10.1 Å². The molecule has 1 aliphatic heterocycles. The monoisotopic (exact) mass is 482 g/mol. The molecule has 0 unspecified atom stereocenters. The van der Waals surface area contributed by atoms with Gasteiger partial charge in [-0.3, -0.25) is 9.52 Å². The second-order valence-corrected chi connectivity index (χ2v) is 10.3. The van der Waals surface area contributed by atoms with E-state index in [2.05, 4.69) is 10.0 Å². The molecule has 6 nitrogen and oxygen atoms in total. The number of nitrogens with one attached hydrogen (secondary N) is 2. The lowest BCUT2D eigenvalue weighted by molar-refractivity contribution is 0.0486. The highest BCUT2D eigenvalue weighted by atomic mass is 32.2. The zero-order valence-corrected chi connectivity index (χ0v) is 19.7. The number of anilines is 1. The molecule has 34 heavy (non-hydrogen) atoms. The molecule has 1 fully saturated rings. The maximum atomic E-state index is 13.9. The van der Waals surface area contributed by atoms with Crippen molar-refractivity contribution in [3.63, 3.8) is 0 Å². The first-order chi connectivity index (χ1) is 16.3. The number of carbonyl (C=O) groups excluding carboxylic acids is 1. The number of ether oxygens (including phenoxy) is 1. The average molecular weight is 483 g/mol. The van der Waals surface area contributed by atoms with Crippen LogP contribution in [0, 0.1) is 12.7 Å². The van der Waals surface area contributed by atoms with Gasteiger partial charge in [-0.2, -0.15) is 0 Å². The zero-order chi connectivity index (χ0) is 24.2. The molecule has 0 aromatic heterocycles. The third-order valence-electron chi connectivity index (χ3n) is 6.18. The topological polar surface area (TPSA) is 84.5 Å². The number of hydrogen-bond acceptors (Lipinski definition) is 4. The van der Waals surface area contributed by atoms with Gasteiger partial charge in [0.05, 0.1) is 4.90 Å². The van der Waals surface area contributed by atoms with Gasteiger partial charge >= 0.3 is 0 Å². The fraction of sp³-hybridized carbons (Fsp3) is 0.269. The minimum atomic E-state index is -3.87. The molecule has 0 spiro atoms. The van der Waals surface area contributed by atoms with E-state index in [9.17, 15) is 17.6 Å². The van der Waals surface area contributed by atoms with Crippen LogP contribution < -0.4 is 10.0 Å². The second kappa shape index (κ2) is 9.95. The summed E-state index contributed by atoms with van der Waals surface area (Å²) >= 11 is 0. The summed E-state index contributed by atoms with van der Waals surface area (Å²) in [6.45, 7) is 3.24. The lowest BCUT2D eigenvalue weighted by atomic mass is 9.74. The number of halogens is 1. The number of hydrogen-bond donors (Lipinski definition) is 2. The molecule has 178 valence electrons. The Morgan fingerprint density at radius 1 is 1.00 bits per heavy atom. The fourth-order valence-electron chi connectivity index (χ4n) is 4.14. The predicted octanol–water partition coefficient (Wildman–Crippen LogP) is 4.41. The minimum absolute atomic E-state index is 0.00775. The van der Waals surface area contributed by atoms with Gasteiger partial charge in [0, 0.05) is 36.4 Å². The molecular weight excluding hydrogens is 455 g/mol. The first-order valence-electron chi connectivity index (χ1n) is 11.1. The van der Waals surface area contributed by atoms with Crippen molar-refractivity contribution in [2.45, 2.75) is 30.1 Å². The Hall–Kier alpha value is -3.23. The van der Waals surface area contributed by atoms with E-state index in [0.29, 0.717) is 31.7 Å². The summed E-state index contributed by atoms with van der Waals surface area (Å²) in [6.07, 6.45) is 1.29.